The zero-order chi connectivity index (χ0) is 16.8. The molecule has 0 atom stereocenters. The molecule has 3 aromatic rings. The second-order valence-corrected chi connectivity index (χ2v) is 5.91. The molecule has 9 nitrogen and oxygen atoms in total. The maximum Gasteiger partial charge on any atom is 0.262 e. The van der Waals surface area contributed by atoms with E-state index in [0.29, 0.717) is 28.8 Å². The van der Waals surface area contributed by atoms with Gasteiger partial charge in [-0.2, -0.15) is 0 Å². The monoisotopic (exact) mass is 335 g/mol. The number of hydrogen-bond acceptors (Lipinski definition) is 7. The summed E-state index contributed by atoms with van der Waals surface area (Å²) in [5, 5.41) is 13.9. The molecule has 5 rings (SSSR count). The van der Waals surface area contributed by atoms with Gasteiger partial charge in [0.25, 0.3) is 11.8 Å². The normalized spacial score (nSPS) is 16.1. The molecule has 1 amide bonds. The molecule has 2 aliphatic heterocycles. The summed E-state index contributed by atoms with van der Waals surface area (Å²) in [5.74, 6) is 1.09. The fourth-order valence-electron chi connectivity index (χ4n) is 2.81. The van der Waals surface area contributed by atoms with Crippen LogP contribution in [0.25, 0.3) is 11.5 Å². The van der Waals surface area contributed by atoms with Gasteiger partial charge in [0.1, 0.15) is 17.1 Å². The Kier molecular flexibility index (Phi) is 3.01. The summed E-state index contributed by atoms with van der Waals surface area (Å²) in [5.41, 5.74) is 1.88. The van der Waals surface area contributed by atoms with Crippen molar-refractivity contribution in [2.75, 3.05) is 18.4 Å². The van der Waals surface area contributed by atoms with Gasteiger partial charge < -0.3 is 15.5 Å². The Bertz CT molecular complexity index is 980. The molecule has 5 heterocycles. The van der Waals surface area contributed by atoms with Gasteiger partial charge in [-0.3, -0.25) is 4.79 Å². The van der Waals surface area contributed by atoms with Crippen LogP contribution >= 0.6 is 0 Å². The van der Waals surface area contributed by atoms with Crippen LogP contribution in [0.4, 0.5) is 5.82 Å². The van der Waals surface area contributed by atoms with Gasteiger partial charge in [0.05, 0.1) is 0 Å². The van der Waals surface area contributed by atoms with E-state index in [4.69, 9.17) is 4.84 Å². The molecule has 0 aliphatic carbocycles. The molecule has 2 bridgehead atoms. The second kappa shape index (κ2) is 5.35. The van der Waals surface area contributed by atoms with E-state index in [2.05, 4.69) is 30.8 Å². The number of fused-ring (bicyclic) bond motifs is 5. The van der Waals surface area contributed by atoms with Crippen molar-refractivity contribution in [3.63, 3.8) is 0 Å². The van der Waals surface area contributed by atoms with Crippen LogP contribution in [-0.2, 0) is 0 Å². The first-order valence-corrected chi connectivity index (χ1v) is 7.86. The predicted molar refractivity (Wildman–Crippen MR) is 87.1 cm³/mol. The molecule has 0 unspecified atom stereocenters. The van der Waals surface area contributed by atoms with Crippen LogP contribution < -0.4 is 15.5 Å². The third-order valence-electron chi connectivity index (χ3n) is 4.29. The molecule has 25 heavy (non-hydrogen) atoms. The molecule has 9 heteroatoms. The molecule has 0 spiro atoms. The largest absolute Gasteiger partial charge is 0.351 e. The minimum Gasteiger partial charge on any atom is -0.351 e. The Morgan fingerprint density at radius 2 is 2.20 bits per heavy atom. The topological polar surface area (TPSA) is 107 Å². The van der Waals surface area contributed by atoms with Gasteiger partial charge in [-0.1, -0.05) is 6.07 Å². The third-order valence-corrected chi connectivity index (χ3v) is 4.29. The zero-order valence-electron chi connectivity index (χ0n) is 13.0. The van der Waals surface area contributed by atoms with Crippen LogP contribution in [-0.4, -0.2) is 43.9 Å². The van der Waals surface area contributed by atoms with E-state index in [9.17, 15) is 4.79 Å². The van der Waals surface area contributed by atoms with E-state index in [1.54, 1.807) is 24.4 Å². The number of rotatable bonds is 1. The summed E-state index contributed by atoms with van der Waals surface area (Å²) in [6.07, 6.45) is 3.16. The Morgan fingerprint density at radius 1 is 1.28 bits per heavy atom. The Balaban J connectivity index is 1.66. The first-order valence-electron chi connectivity index (χ1n) is 7.86. The van der Waals surface area contributed by atoms with Crippen molar-refractivity contribution in [2.45, 2.75) is 5.92 Å². The lowest BCUT2D eigenvalue weighted by atomic mass is 9.94. The highest BCUT2D eigenvalue weighted by atomic mass is 16.7. The van der Waals surface area contributed by atoms with E-state index in [0.717, 1.165) is 18.7 Å². The molecule has 124 valence electrons. The highest BCUT2D eigenvalue weighted by Crippen LogP contribution is 2.27. The fourth-order valence-corrected chi connectivity index (χ4v) is 2.81. The molecule has 1 saturated heterocycles. The predicted octanol–water partition coefficient (Wildman–Crippen LogP) is 0.830. The molecule has 3 aromatic heterocycles. The van der Waals surface area contributed by atoms with Crippen molar-refractivity contribution < 1.29 is 9.63 Å². The van der Waals surface area contributed by atoms with Crippen LogP contribution in [0.3, 0.4) is 0 Å². The van der Waals surface area contributed by atoms with Crippen molar-refractivity contribution in [1.82, 2.24) is 30.2 Å². The number of pyridine rings is 2. The van der Waals surface area contributed by atoms with Gasteiger partial charge in [-0.05, 0) is 23.8 Å². The van der Waals surface area contributed by atoms with Crippen LogP contribution in [0.15, 0.2) is 36.8 Å². The van der Waals surface area contributed by atoms with Crippen molar-refractivity contribution >= 4 is 11.7 Å². The SMILES string of the molecule is O=C1Nc2cccc(n2)-c2nncn2Oc2ncc(C3CNC3)cc21. The van der Waals surface area contributed by atoms with Crippen LogP contribution in [0.2, 0.25) is 0 Å². The maximum atomic E-state index is 12.7. The highest BCUT2D eigenvalue weighted by molar-refractivity contribution is 6.05. The quantitative estimate of drug-likeness (QED) is 0.678. The molecule has 1 fully saturated rings. The van der Waals surface area contributed by atoms with Crippen molar-refractivity contribution in [3.05, 3.63) is 47.9 Å². The number of carbonyl (C=O) groups excluding carboxylic acids is 1. The van der Waals surface area contributed by atoms with Gasteiger partial charge in [-0.15, -0.1) is 14.9 Å². The van der Waals surface area contributed by atoms with Gasteiger partial charge in [0.15, 0.2) is 6.33 Å². The van der Waals surface area contributed by atoms with E-state index < -0.39 is 0 Å². The smallest absolute Gasteiger partial charge is 0.262 e. The number of hydrogen-bond donors (Lipinski definition) is 2. The maximum absolute atomic E-state index is 12.7. The Labute approximate surface area is 142 Å². The Hall–Kier alpha value is -3.33. The number of carbonyl (C=O) groups is 1. The lowest BCUT2D eigenvalue weighted by molar-refractivity contribution is 0.101. The molecule has 2 aliphatic rings. The first-order chi connectivity index (χ1) is 12.3. The van der Waals surface area contributed by atoms with Gasteiger partial charge >= 0.3 is 0 Å². The highest BCUT2D eigenvalue weighted by Gasteiger charge is 2.25. The number of anilines is 1. The van der Waals surface area contributed by atoms with Crippen molar-refractivity contribution in [2.24, 2.45) is 0 Å². The van der Waals surface area contributed by atoms with E-state index in [1.165, 1.54) is 11.1 Å². The van der Waals surface area contributed by atoms with Gasteiger partial charge in [0, 0.05) is 25.2 Å². The summed E-state index contributed by atoms with van der Waals surface area (Å²) in [4.78, 5) is 27.3. The lowest BCUT2D eigenvalue weighted by Gasteiger charge is -2.27. The molecular weight excluding hydrogens is 322 g/mol. The van der Waals surface area contributed by atoms with Gasteiger partial charge in [-0.25, -0.2) is 9.97 Å². The zero-order valence-corrected chi connectivity index (χ0v) is 13.0. The summed E-state index contributed by atoms with van der Waals surface area (Å²) in [6.45, 7) is 1.75. The molecule has 0 aromatic carbocycles. The number of nitrogens with one attached hydrogen (secondary N) is 2. The van der Waals surface area contributed by atoms with Crippen LogP contribution in [0.1, 0.15) is 21.8 Å². The van der Waals surface area contributed by atoms with Crippen molar-refractivity contribution in [3.8, 4) is 17.4 Å². The lowest BCUT2D eigenvalue weighted by Crippen LogP contribution is -2.40. The molecule has 2 N–H and O–H groups in total. The van der Waals surface area contributed by atoms with E-state index in [1.807, 2.05) is 6.07 Å². The van der Waals surface area contributed by atoms with Gasteiger partial charge in [0.2, 0.25) is 5.82 Å². The minimum absolute atomic E-state index is 0.194. The average Bonchev–Trinajstić information content (AvgIpc) is 3.02. The summed E-state index contributed by atoms with van der Waals surface area (Å²) in [6, 6.07) is 7.09. The summed E-state index contributed by atoms with van der Waals surface area (Å²) < 4.78 is 1.36. The molecule has 0 radical (unpaired) electrons. The van der Waals surface area contributed by atoms with Crippen LogP contribution in [0.5, 0.6) is 5.88 Å². The summed E-state index contributed by atoms with van der Waals surface area (Å²) in [7, 11) is 0. The number of amides is 1. The first kappa shape index (κ1) is 14.1. The average molecular weight is 335 g/mol. The second-order valence-electron chi connectivity index (χ2n) is 5.91. The summed E-state index contributed by atoms with van der Waals surface area (Å²) >= 11 is 0. The minimum atomic E-state index is -0.321. The number of aromatic nitrogens is 5. The Morgan fingerprint density at radius 3 is 3.04 bits per heavy atom. The standard InChI is InChI=1S/C16H13N7O2/c24-15-11-4-9(10-5-17-6-10)7-18-16(11)25-23-8-19-22-14(23)12-2-1-3-13(20-12)21-15/h1-4,7-8,10,17H,5-6H2,(H,20,21,24). The fraction of sp³-hybridized carbons (Fsp3) is 0.188. The van der Waals surface area contributed by atoms with Crippen LogP contribution in [0, 0.1) is 0 Å². The number of nitrogens with zero attached hydrogens (tertiary/aromatic N) is 5. The van der Waals surface area contributed by atoms with Crippen molar-refractivity contribution in [1.29, 1.82) is 0 Å². The van der Waals surface area contributed by atoms with E-state index >= 15 is 0 Å². The molecular formula is C16H13N7O2. The van der Waals surface area contributed by atoms with E-state index in [-0.39, 0.29) is 11.8 Å². The molecule has 0 saturated carbocycles. The third kappa shape index (κ3) is 2.32.